The van der Waals surface area contributed by atoms with Crippen molar-refractivity contribution in [2.75, 3.05) is 31.1 Å². The number of halogens is 1. The first-order chi connectivity index (χ1) is 12.2. The van der Waals surface area contributed by atoms with Crippen LogP contribution in [0.1, 0.15) is 51.7 Å². The minimum atomic E-state index is -0.0623. The first kappa shape index (κ1) is 19.2. The maximum absolute atomic E-state index is 12.5. The standard InChI is InChI=1S/C20H29ClN4O/c1-6-24-7-8-25(13(2)12-24)17-10-16-15(9-14(17)21)22-19(23-16)18(26)11-20(3,4)5/h9-10,13H,6-8,11-12H2,1-5H3,(H,22,23)/t13-/m0/s1. The zero-order valence-electron chi connectivity index (χ0n) is 16.4. The van der Waals surface area contributed by atoms with Crippen LogP contribution in [0, 0.1) is 5.41 Å². The maximum atomic E-state index is 12.5. The Kier molecular flexibility index (Phi) is 5.31. The molecule has 1 aromatic carbocycles. The van der Waals surface area contributed by atoms with Crippen LogP contribution in [0.15, 0.2) is 12.1 Å². The normalized spacial score (nSPS) is 19.3. The molecule has 26 heavy (non-hydrogen) atoms. The number of aromatic nitrogens is 2. The Morgan fingerprint density at radius 3 is 2.69 bits per heavy atom. The van der Waals surface area contributed by atoms with E-state index in [1.54, 1.807) is 0 Å². The molecule has 2 aromatic rings. The lowest BCUT2D eigenvalue weighted by molar-refractivity contribution is 0.0931. The molecule has 142 valence electrons. The number of piperazine rings is 1. The zero-order chi connectivity index (χ0) is 19.1. The lowest BCUT2D eigenvalue weighted by atomic mass is 9.90. The highest BCUT2D eigenvalue weighted by Gasteiger charge is 2.26. The summed E-state index contributed by atoms with van der Waals surface area (Å²) in [6.45, 7) is 14.7. The Bertz CT molecular complexity index is 808. The van der Waals surface area contributed by atoms with Crippen LogP contribution in [0.2, 0.25) is 5.02 Å². The Labute approximate surface area is 160 Å². The number of hydrogen-bond acceptors (Lipinski definition) is 4. The SMILES string of the molecule is CCN1CCN(c2cc3nc(C(=O)CC(C)(C)C)[nH]c3cc2Cl)[C@@H](C)C1. The number of nitrogens with zero attached hydrogens (tertiary/aromatic N) is 3. The van der Waals surface area contributed by atoms with Crippen LogP contribution in [0.5, 0.6) is 0 Å². The van der Waals surface area contributed by atoms with Crippen molar-refractivity contribution < 1.29 is 4.79 Å². The summed E-state index contributed by atoms with van der Waals surface area (Å²) in [6.07, 6.45) is 0.462. The maximum Gasteiger partial charge on any atom is 0.198 e. The molecule has 0 saturated carbocycles. The number of rotatable bonds is 4. The summed E-state index contributed by atoms with van der Waals surface area (Å²) in [6, 6.07) is 4.30. The Morgan fingerprint density at radius 1 is 1.35 bits per heavy atom. The van der Waals surface area contributed by atoms with Gasteiger partial charge in [0, 0.05) is 32.1 Å². The zero-order valence-corrected chi connectivity index (χ0v) is 17.2. The predicted molar refractivity (Wildman–Crippen MR) is 108 cm³/mol. The number of hydrogen-bond donors (Lipinski definition) is 1. The van der Waals surface area contributed by atoms with Crippen molar-refractivity contribution in [1.82, 2.24) is 14.9 Å². The number of imidazole rings is 1. The van der Waals surface area contributed by atoms with E-state index in [0.29, 0.717) is 23.3 Å². The smallest absolute Gasteiger partial charge is 0.198 e. The number of aromatic amines is 1. The van der Waals surface area contributed by atoms with Crippen molar-refractivity contribution in [3.05, 3.63) is 23.0 Å². The van der Waals surface area contributed by atoms with E-state index in [1.807, 2.05) is 12.1 Å². The third kappa shape index (κ3) is 4.04. The molecule has 1 atom stereocenters. The minimum Gasteiger partial charge on any atom is -0.365 e. The quantitative estimate of drug-likeness (QED) is 0.805. The van der Waals surface area contributed by atoms with Crippen LogP contribution in [-0.4, -0.2) is 52.9 Å². The number of nitrogens with one attached hydrogen (secondary N) is 1. The van der Waals surface area contributed by atoms with Crippen molar-refractivity contribution in [2.24, 2.45) is 5.41 Å². The number of ketones is 1. The fourth-order valence-corrected chi connectivity index (χ4v) is 3.89. The van der Waals surface area contributed by atoms with Crippen molar-refractivity contribution in [2.45, 2.75) is 47.1 Å². The van der Waals surface area contributed by atoms with E-state index in [2.05, 4.69) is 54.4 Å². The van der Waals surface area contributed by atoms with E-state index < -0.39 is 0 Å². The number of H-pyrrole nitrogens is 1. The van der Waals surface area contributed by atoms with E-state index in [4.69, 9.17) is 11.6 Å². The van der Waals surface area contributed by atoms with E-state index >= 15 is 0 Å². The lowest BCUT2D eigenvalue weighted by Crippen LogP contribution is -2.51. The molecule has 0 bridgehead atoms. The number of carbonyl (C=O) groups excluding carboxylic acids is 1. The first-order valence-corrected chi connectivity index (χ1v) is 9.77. The third-order valence-electron chi connectivity index (χ3n) is 4.97. The van der Waals surface area contributed by atoms with Gasteiger partial charge in [0.2, 0.25) is 0 Å². The molecule has 3 rings (SSSR count). The van der Waals surface area contributed by atoms with Crippen LogP contribution in [0.3, 0.4) is 0 Å². The van der Waals surface area contributed by atoms with Crippen molar-refractivity contribution in [1.29, 1.82) is 0 Å². The molecule has 0 radical (unpaired) electrons. The van der Waals surface area contributed by atoms with E-state index in [0.717, 1.165) is 42.9 Å². The molecule has 1 aromatic heterocycles. The molecule has 1 aliphatic rings. The minimum absolute atomic E-state index is 0.0382. The van der Waals surface area contributed by atoms with Gasteiger partial charge in [-0.1, -0.05) is 39.3 Å². The second-order valence-electron chi connectivity index (χ2n) is 8.50. The van der Waals surface area contributed by atoms with Crippen molar-refractivity contribution >= 4 is 34.1 Å². The summed E-state index contributed by atoms with van der Waals surface area (Å²) >= 11 is 6.58. The van der Waals surface area contributed by atoms with Gasteiger partial charge in [-0.2, -0.15) is 0 Å². The van der Waals surface area contributed by atoms with E-state index in [1.165, 1.54) is 0 Å². The number of Topliss-reactive ketones (excluding diaryl/α,β-unsaturated/α-hetero) is 1. The molecule has 2 heterocycles. The summed E-state index contributed by atoms with van der Waals surface area (Å²) in [5.74, 6) is 0.461. The average molecular weight is 377 g/mol. The van der Waals surface area contributed by atoms with Crippen molar-refractivity contribution in [3.63, 3.8) is 0 Å². The van der Waals surface area contributed by atoms with Crippen LogP contribution in [0.25, 0.3) is 11.0 Å². The molecule has 1 aliphatic heterocycles. The highest BCUT2D eigenvalue weighted by Crippen LogP contribution is 2.33. The molecule has 0 amide bonds. The highest BCUT2D eigenvalue weighted by atomic mass is 35.5. The monoisotopic (exact) mass is 376 g/mol. The summed E-state index contributed by atoms with van der Waals surface area (Å²) in [4.78, 5) is 25.0. The van der Waals surface area contributed by atoms with Gasteiger partial charge in [0.05, 0.1) is 21.7 Å². The van der Waals surface area contributed by atoms with Crippen LogP contribution in [0.4, 0.5) is 5.69 Å². The van der Waals surface area contributed by atoms with E-state index in [9.17, 15) is 4.79 Å². The average Bonchev–Trinajstić information content (AvgIpc) is 2.95. The van der Waals surface area contributed by atoms with Gasteiger partial charge in [0.25, 0.3) is 0 Å². The van der Waals surface area contributed by atoms with Gasteiger partial charge >= 0.3 is 0 Å². The van der Waals surface area contributed by atoms with Gasteiger partial charge in [-0.25, -0.2) is 4.98 Å². The number of fused-ring (bicyclic) bond motifs is 1. The summed E-state index contributed by atoms with van der Waals surface area (Å²) in [7, 11) is 0. The molecule has 0 aliphatic carbocycles. The Balaban J connectivity index is 1.89. The first-order valence-electron chi connectivity index (χ1n) is 9.39. The predicted octanol–water partition coefficient (Wildman–Crippen LogP) is 4.37. The fourth-order valence-electron chi connectivity index (χ4n) is 3.62. The molecular weight excluding hydrogens is 348 g/mol. The van der Waals surface area contributed by atoms with Crippen LogP contribution >= 0.6 is 11.6 Å². The second-order valence-corrected chi connectivity index (χ2v) is 8.91. The van der Waals surface area contributed by atoms with Gasteiger partial charge in [-0.15, -0.1) is 0 Å². The van der Waals surface area contributed by atoms with Gasteiger partial charge in [-0.3, -0.25) is 9.69 Å². The fraction of sp³-hybridized carbons (Fsp3) is 0.600. The van der Waals surface area contributed by atoms with Crippen LogP contribution in [-0.2, 0) is 0 Å². The topological polar surface area (TPSA) is 52.2 Å². The largest absolute Gasteiger partial charge is 0.365 e. The highest BCUT2D eigenvalue weighted by molar-refractivity contribution is 6.34. The molecule has 1 saturated heterocycles. The molecule has 1 N–H and O–H groups in total. The summed E-state index contributed by atoms with van der Waals surface area (Å²) < 4.78 is 0. The van der Waals surface area contributed by atoms with Gasteiger partial charge < -0.3 is 9.88 Å². The number of likely N-dealkylation sites (N-methyl/N-ethyl adjacent to an activating group) is 1. The second kappa shape index (κ2) is 7.20. The molecule has 5 nitrogen and oxygen atoms in total. The van der Waals surface area contributed by atoms with Gasteiger partial charge in [-0.05, 0) is 31.0 Å². The summed E-state index contributed by atoms with van der Waals surface area (Å²) in [5.41, 5.74) is 2.55. The molecule has 0 spiro atoms. The van der Waals surface area contributed by atoms with Crippen molar-refractivity contribution in [3.8, 4) is 0 Å². The molecular formula is C20H29ClN4O. The molecule has 0 unspecified atom stereocenters. The van der Waals surface area contributed by atoms with Gasteiger partial charge in [0.1, 0.15) is 0 Å². The Hall–Kier alpha value is -1.59. The van der Waals surface area contributed by atoms with Crippen LogP contribution < -0.4 is 4.90 Å². The Morgan fingerprint density at radius 2 is 2.08 bits per heavy atom. The number of anilines is 1. The lowest BCUT2D eigenvalue weighted by Gasteiger charge is -2.41. The molecule has 1 fully saturated rings. The number of carbonyl (C=O) groups is 1. The third-order valence-corrected chi connectivity index (χ3v) is 5.28. The summed E-state index contributed by atoms with van der Waals surface area (Å²) in [5, 5.41) is 0.702. The van der Waals surface area contributed by atoms with Gasteiger partial charge in [0.15, 0.2) is 11.6 Å². The number of benzene rings is 1. The molecule has 6 heteroatoms. The van der Waals surface area contributed by atoms with E-state index in [-0.39, 0.29) is 11.2 Å².